The maximum atomic E-state index is 12.6. The van der Waals surface area contributed by atoms with Crippen molar-refractivity contribution in [3.63, 3.8) is 0 Å². The van der Waals surface area contributed by atoms with Gasteiger partial charge < -0.3 is 10.4 Å². The normalized spacial score (nSPS) is 26.4. The fourth-order valence-electron chi connectivity index (χ4n) is 4.19. The molecule has 4 rings (SSSR count). The van der Waals surface area contributed by atoms with Crippen molar-refractivity contribution in [1.29, 1.82) is 0 Å². The van der Waals surface area contributed by atoms with Crippen LogP contribution < -0.4 is 5.32 Å². The van der Waals surface area contributed by atoms with Gasteiger partial charge in [-0.3, -0.25) is 9.69 Å². The number of likely N-dealkylation sites (tertiary alicyclic amines) is 1. The predicted octanol–water partition coefficient (Wildman–Crippen LogP) is 1.84. The predicted molar refractivity (Wildman–Crippen MR) is 92.6 cm³/mol. The molecule has 0 aliphatic carbocycles. The van der Waals surface area contributed by atoms with Crippen molar-refractivity contribution in [3.8, 4) is 0 Å². The molecule has 2 aromatic rings. The van der Waals surface area contributed by atoms with Crippen molar-refractivity contribution in [3.05, 3.63) is 71.3 Å². The van der Waals surface area contributed by atoms with E-state index in [2.05, 4.69) is 22.3 Å². The molecule has 0 bridgehead atoms. The van der Waals surface area contributed by atoms with Gasteiger partial charge in [-0.2, -0.15) is 0 Å². The minimum absolute atomic E-state index is 0.0168. The molecule has 0 radical (unpaired) electrons. The number of carbonyl (C=O) groups is 1. The topological polar surface area (TPSA) is 52.6 Å². The number of hydrogen-bond acceptors (Lipinski definition) is 3. The number of amides is 1. The summed E-state index contributed by atoms with van der Waals surface area (Å²) in [7, 11) is 0. The van der Waals surface area contributed by atoms with Crippen LogP contribution in [-0.4, -0.2) is 41.1 Å². The highest BCUT2D eigenvalue weighted by Crippen LogP contribution is 2.35. The lowest BCUT2D eigenvalue weighted by Gasteiger charge is -2.39. The molecule has 0 aromatic heterocycles. The largest absolute Gasteiger partial charge is 0.396 e. The van der Waals surface area contributed by atoms with Crippen molar-refractivity contribution in [2.24, 2.45) is 5.92 Å². The Morgan fingerprint density at radius 3 is 2.67 bits per heavy atom. The Balaban J connectivity index is 1.59. The molecule has 0 unspecified atom stereocenters. The summed E-state index contributed by atoms with van der Waals surface area (Å²) in [5, 5.41) is 13.1. The average molecular weight is 322 g/mol. The number of nitrogens with one attached hydrogen (secondary N) is 1. The molecule has 1 saturated heterocycles. The molecule has 2 heterocycles. The van der Waals surface area contributed by atoms with Gasteiger partial charge in [0.05, 0.1) is 5.54 Å². The minimum Gasteiger partial charge on any atom is -0.396 e. The lowest BCUT2D eigenvalue weighted by molar-refractivity contribution is 0.0817. The second-order valence-electron chi connectivity index (χ2n) is 6.98. The zero-order valence-electron chi connectivity index (χ0n) is 13.6. The number of nitrogens with zero attached hydrogens (tertiary/aromatic N) is 1. The first-order valence-electron chi connectivity index (χ1n) is 8.48. The van der Waals surface area contributed by atoms with Gasteiger partial charge in [-0.1, -0.05) is 48.5 Å². The van der Waals surface area contributed by atoms with Gasteiger partial charge >= 0.3 is 0 Å². The quantitative estimate of drug-likeness (QED) is 0.906. The number of aliphatic hydroxyl groups excluding tert-OH is 1. The van der Waals surface area contributed by atoms with E-state index >= 15 is 0 Å². The number of hydrogen-bond donors (Lipinski definition) is 2. The SMILES string of the molecule is O=C1N[C@]2(Cc3ccccc31)CN(Cc1ccccc1)C[C@H]2CO. The maximum absolute atomic E-state index is 12.6. The fraction of sp³-hybridized carbons (Fsp3) is 0.350. The summed E-state index contributed by atoms with van der Waals surface area (Å²) >= 11 is 0. The Bertz CT molecular complexity index is 746. The van der Waals surface area contributed by atoms with Crippen LogP contribution in [0.25, 0.3) is 0 Å². The zero-order chi connectivity index (χ0) is 16.6. The van der Waals surface area contributed by atoms with Crippen LogP contribution in [0.15, 0.2) is 54.6 Å². The van der Waals surface area contributed by atoms with E-state index in [0.717, 1.165) is 37.2 Å². The molecule has 0 saturated carbocycles. The van der Waals surface area contributed by atoms with Crippen LogP contribution in [0.3, 0.4) is 0 Å². The standard InChI is InChI=1S/C20H22N2O2/c23-13-17-12-22(11-15-6-2-1-3-7-15)14-20(17)10-16-8-4-5-9-18(16)19(24)21-20/h1-9,17,23H,10-14H2,(H,21,24)/t17-,20+/m0/s1. The van der Waals surface area contributed by atoms with Gasteiger partial charge in [-0.15, -0.1) is 0 Å². The third kappa shape index (κ3) is 2.62. The summed E-state index contributed by atoms with van der Waals surface area (Å²) in [5.74, 6) is 0.0374. The Kier molecular flexibility index (Phi) is 3.87. The Morgan fingerprint density at radius 1 is 1.12 bits per heavy atom. The van der Waals surface area contributed by atoms with Crippen molar-refractivity contribution >= 4 is 5.91 Å². The molecule has 1 spiro atoms. The summed E-state index contributed by atoms with van der Waals surface area (Å²) in [5.41, 5.74) is 2.74. The van der Waals surface area contributed by atoms with Crippen LogP contribution in [0, 0.1) is 5.92 Å². The van der Waals surface area contributed by atoms with Crippen LogP contribution in [0.4, 0.5) is 0 Å². The van der Waals surface area contributed by atoms with Gasteiger partial charge in [0.2, 0.25) is 0 Å². The molecular formula is C20H22N2O2. The lowest BCUT2D eigenvalue weighted by Crippen LogP contribution is -2.59. The van der Waals surface area contributed by atoms with E-state index in [1.54, 1.807) is 0 Å². The minimum atomic E-state index is -0.366. The van der Waals surface area contributed by atoms with Gasteiger partial charge in [0, 0.05) is 37.7 Å². The summed E-state index contributed by atoms with van der Waals surface area (Å²) < 4.78 is 0. The van der Waals surface area contributed by atoms with Crippen molar-refractivity contribution in [2.75, 3.05) is 19.7 Å². The molecule has 24 heavy (non-hydrogen) atoms. The summed E-state index contributed by atoms with van der Waals surface area (Å²) in [4.78, 5) is 14.9. The second-order valence-corrected chi connectivity index (χ2v) is 6.98. The highest BCUT2D eigenvalue weighted by molar-refractivity contribution is 5.97. The number of aliphatic hydroxyl groups is 1. The molecule has 2 aliphatic rings. The number of carbonyl (C=O) groups excluding carboxylic acids is 1. The molecule has 4 heteroatoms. The highest BCUT2D eigenvalue weighted by atomic mass is 16.3. The number of fused-ring (bicyclic) bond motifs is 1. The molecule has 4 nitrogen and oxygen atoms in total. The van der Waals surface area contributed by atoms with Crippen LogP contribution in [0.2, 0.25) is 0 Å². The van der Waals surface area contributed by atoms with Crippen LogP contribution in [-0.2, 0) is 13.0 Å². The third-order valence-electron chi connectivity index (χ3n) is 5.37. The molecule has 124 valence electrons. The maximum Gasteiger partial charge on any atom is 0.252 e. The second kappa shape index (κ2) is 6.04. The van der Waals surface area contributed by atoms with E-state index in [0.29, 0.717) is 0 Å². The van der Waals surface area contributed by atoms with Crippen molar-refractivity contribution < 1.29 is 9.90 Å². The van der Waals surface area contributed by atoms with E-state index in [4.69, 9.17) is 0 Å². The lowest BCUT2D eigenvalue weighted by atomic mass is 9.78. The number of rotatable bonds is 3. The monoisotopic (exact) mass is 322 g/mol. The molecule has 2 aliphatic heterocycles. The first-order valence-corrected chi connectivity index (χ1v) is 8.48. The van der Waals surface area contributed by atoms with Gasteiger partial charge in [0.15, 0.2) is 0 Å². The summed E-state index contributed by atoms with van der Waals surface area (Å²) in [6.07, 6.45) is 0.783. The van der Waals surface area contributed by atoms with Crippen molar-refractivity contribution in [2.45, 2.75) is 18.5 Å². The molecule has 2 atom stereocenters. The van der Waals surface area contributed by atoms with Crippen LogP contribution in [0.1, 0.15) is 21.5 Å². The molecular weight excluding hydrogens is 300 g/mol. The Hall–Kier alpha value is -2.17. The van der Waals surface area contributed by atoms with Crippen LogP contribution in [0.5, 0.6) is 0 Å². The summed E-state index contributed by atoms with van der Waals surface area (Å²) in [6.45, 7) is 2.51. The smallest absolute Gasteiger partial charge is 0.252 e. The molecule has 2 aromatic carbocycles. The van der Waals surface area contributed by atoms with E-state index in [1.807, 2.05) is 42.5 Å². The van der Waals surface area contributed by atoms with E-state index in [-0.39, 0.29) is 24.0 Å². The highest BCUT2D eigenvalue weighted by Gasteiger charge is 2.49. The van der Waals surface area contributed by atoms with Crippen LogP contribution >= 0.6 is 0 Å². The first kappa shape index (κ1) is 15.4. The van der Waals surface area contributed by atoms with Gasteiger partial charge in [-0.25, -0.2) is 0 Å². The van der Waals surface area contributed by atoms with Gasteiger partial charge in [0.1, 0.15) is 0 Å². The van der Waals surface area contributed by atoms with Gasteiger partial charge in [-0.05, 0) is 23.6 Å². The third-order valence-corrected chi connectivity index (χ3v) is 5.37. The van der Waals surface area contributed by atoms with Gasteiger partial charge in [0.25, 0.3) is 5.91 Å². The molecule has 2 N–H and O–H groups in total. The first-order chi connectivity index (χ1) is 11.7. The number of benzene rings is 2. The van der Waals surface area contributed by atoms with E-state index in [1.165, 1.54) is 5.56 Å². The Morgan fingerprint density at radius 2 is 1.88 bits per heavy atom. The van der Waals surface area contributed by atoms with Crippen molar-refractivity contribution in [1.82, 2.24) is 10.2 Å². The molecule has 1 amide bonds. The van der Waals surface area contributed by atoms with E-state index < -0.39 is 0 Å². The Labute approximate surface area is 142 Å². The zero-order valence-corrected chi connectivity index (χ0v) is 13.6. The molecule has 1 fully saturated rings. The summed E-state index contributed by atoms with van der Waals surface area (Å²) in [6, 6.07) is 18.1. The average Bonchev–Trinajstić information content (AvgIpc) is 2.92. The van der Waals surface area contributed by atoms with E-state index in [9.17, 15) is 9.90 Å². The fourth-order valence-corrected chi connectivity index (χ4v) is 4.19.